The fraction of sp³-hybridized carbons (Fsp3) is 0.200. The lowest BCUT2D eigenvalue weighted by molar-refractivity contribution is 0.282. The van der Waals surface area contributed by atoms with Gasteiger partial charge < -0.3 is 5.11 Å². The van der Waals surface area contributed by atoms with E-state index in [0.29, 0.717) is 5.88 Å². The van der Waals surface area contributed by atoms with Gasteiger partial charge in [-0.3, -0.25) is 0 Å². The number of benzene rings is 1. The number of hydrogen-bond acceptors (Lipinski definition) is 2. The molecule has 14 heavy (non-hydrogen) atoms. The van der Waals surface area contributed by atoms with Crippen molar-refractivity contribution < 1.29 is 5.11 Å². The van der Waals surface area contributed by atoms with E-state index in [4.69, 9.17) is 11.6 Å². The van der Waals surface area contributed by atoms with E-state index in [-0.39, 0.29) is 6.61 Å². The third kappa shape index (κ3) is 1.66. The minimum Gasteiger partial charge on any atom is -0.392 e. The van der Waals surface area contributed by atoms with Crippen molar-refractivity contribution in [1.82, 2.24) is 0 Å². The minimum absolute atomic E-state index is 0.0796. The lowest BCUT2D eigenvalue weighted by Gasteiger charge is -2.07. The third-order valence-electron chi connectivity index (χ3n) is 2.17. The zero-order chi connectivity index (χ0) is 10.1. The highest BCUT2D eigenvalue weighted by atomic mass is 127. The Balaban J connectivity index is 2.80. The van der Waals surface area contributed by atoms with Crippen LogP contribution in [0, 0.1) is 3.57 Å². The summed E-state index contributed by atoms with van der Waals surface area (Å²) in [6.07, 6.45) is 0. The molecule has 0 spiro atoms. The van der Waals surface area contributed by atoms with E-state index in [2.05, 4.69) is 28.7 Å². The number of aliphatic hydroxyl groups is 1. The average molecular weight is 339 g/mol. The first-order chi connectivity index (χ1) is 6.77. The third-order valence-corrected chi connectivity index (χ3v) is 4.67. The molecule has 0 aliphatic carbocycles. The minimum atomic E-state index is 0.0796. The Bertz CT molecular complexity index is 466. The van der Waals surface area contributed by atoms with Gasteiger partial charge in [-0.1, -0.05) is 0 Å². The van der Waals surface area contributed by atoms with Crippen molar-refractivity contribution in [1.29, 1.82) is 0 Å². The number of fused-ring (bicyclic) bond motifs is 1. The fourth-order valence-corrected chi connectivity index (χ4v) is 3.59. The Kier molecular flexibility index (Phi) is 3.31. The van der Waals surface area contributed by atoms with Crippen molar-refractivity contribution in [3.05, 3.63) is 32.2 Å². The van der Waals surface area contributed by atoms with Crippen molar-refractivity contribution in [2.24, 2.45) is 0 Å². The van der Waals surface area contributed by atoms with Gasteiger partial charge in [-0.05, 0) is 56.6 Å². The molecule has 0 unspecified atom stereocenters. The lowest BCUT2D eigenvalue weighted by atomic mass is 10.1. The Labute approximate surface area is 105 Å². The summed E-state index contributed by atoms with van der Waals surface area (Å²) in [6, 6.07) is 4.15. The molecule has 2 aromatic rings. The van der Waals surface area contributed by atoms with E-state index in [0.717, 1.165) is 20.1 Å². The number of halogens is 2. The van der Waals surface area contributed by atoms with Gasteiger partial charge in [-0.15, -0.1) is 22.9 Å². The molecule has 1 aromatic carbocycles. The first-order valence-corrected chi connectivity index (χ1v) is 6.61. The smallest absolute Gasteiger partial charge is 0.0698 e. The number of thiophene rings is 1. The molecule has 2 rings (SSSR count). The van der Waals surface area contributed by atoms with Gasteiger partial charge in [0.15, 0.2) is 0 Å². The Morgan fingerprint density at radius 1 is 1.50 bits per heavy atom. The van der Waals surface area contributed by atoms with Gasteiger partial charge in [0.2, 0.25) is 0 Å². The van der Waals surface area contributed by atoms with Crippen LogP contribution in [0.4, 0.5) is 0 Å². The van der Waals surface area contributed by atoms with Crippen LogP contribution in [-0.2, 0) is 12.5 Å². The summed E-state index contributed by atoms with van der Waals surface area (Å²) in [5, 5.41) is 12.5. The van der Waals surface area contributed by atoms with Crippen LogP contribution in [-0.4, -0.2) is 5.11 Å². The van der Waals surface area contributed by atoms with E-state index in [1.807, 2.05) is 11.4 Å². The Morgan fingerprint density at radius 3 is 2.93 bits per heavy atom. The van der Waals surface area contributed by atoms with Crippen LogP contribution < -0.4 is 0 Å². The second-order valence-corrected chi connectivity index (χ2v) is 5.25. The molecule has 0 atom stereocenters. The molecule has 1 nitrogen and oxygen atoms in total. The molecule has 0 fully saturated rings. The summed E-state index contributed by atoms with van der Waals surface area (Å²) in [5.41, 5.74) is 2.10. The van der Waals surface area contributed by atoms with Crippen molar-refractivity contribution >= 4 is 55.6 Å². The van der Waals surface area contributed by atoms with Gasteiger partial charge in [0.1, 0.15) is 0 Å². The molecule has 1 aromatic heterocycles. The summed E-state index contributed by atoms with van der Waals surface area (Å²) in [4.78, 5) is 0. The molecular formula is C10H8ClIOS. The van der Waals surface area contributed by atoms with E-state index in [1.165, 1.54) is 4.70 Å². The van der Waals surface area contributed by atoms with Crippen LogP contribution in [0.15, 0.2) is 17.5 Å². The van der Waals surface area contributed by atoms with Crippen LogP contribution in [0.2, 0.25) is 0 Å². The summed E-state index contributed by atoms with van der Waals surface area (Å²) in [5.74, 6) is 0.499. The SMILES string of the molecule is OCc1c(I)c(CCl)cc2sccc12. The topological polar surface area (TPSA) is 20.2 Å². The Hall–Kier alpha value is 0.160. The molecule has 0 saturated heterocycles. The molecule has 4 heteroatoms. The zero-order valence-corrected chi connectivity index (χ0v) is 11.0. The highest BCUT2D eigenvalue weighted by molar-refractivity contribution is 14.1. The second-order valence-electron chi connectivity index (χ2n) is 2.95. The molecule has 0 saturated carbocycles. The van der Waals surface area contributed by atoms with Crippen LogP contribution in [0.1, 0.15) is 11.1 Å². The maximum atomic E-state index is 9.31. The summed E-state index contributed by atoms with van der Waals surface area (Å²) < 4.78 is 2.29. The van der Waals surface area contributed by atoms with Gasteiger partial charge >= 0.3 is 0 Å². The van der Waals surface area contributed by atoms with Crippen LogP contribution >= 0.6 is 45.5 Å². The van der Waals surface area contributed by atoms with Crippen LogP contribution in [0.5, 0.6) is 0 Å². The monoisotopic (exact) mass is 338 g/mol. The fourth-order valence-electron chi connectivity index (χ4n) is 1.47. The average Bonchev–Trinajstić information content (AvgIpc) is 2.64. The maximum Gasteiger partial charge on any atom is 0.0698 e. The molecule has 1 N–H and O–H groups in total. The molecule has 0 radical (unpaired) electrons. The van der Waals surface area contributed by atoms with E-state index in [9.17, 15) is 5.11 Å². The molecule has 0 aliphatic heterocycles. The molecule has 0 aliphatic rings. The van der Waals surface area contributed by atoms with E-state index in [1.54, 1.807) is 11.3 Å². The normalized spacial score (nSPS) is 11.1. The molecular weight excluding hydrogens is 331 g/mol. The van der Waals surface area contributed by atoms with Gasteiger partial charge in [-0.2, -0.15) is 0 Å². The predicted octanol–water partition coefficient (Wildman–Crippen LogP) is 3.74. The summed E-state index contributed by atoms with van der Waals surface area (Å²) in [7, 11) is 0. The second kappa shape index (κ2) is 4.35. The zero-order valence-electron chi connectivity index (χ0n) is 7.26. The Morgan fingerprint density at radius 2 is 2.29 bits per heavy atom. The molecule has 0 bridgehead atoms. The predicted molar refractivity (Wildman–Crippen MR) is 70.0 cm³/mol. The van der Waals surface area contributed by atoms with Gasteiger partial charge in [0.05, 0.1) is 6.61 Å². The number of alkyl halides is 1. The lowest BCUT2D eigenvalue weighted by Crippen LogP contribution is -1.94. The van der Waals surface area contributed by atoms with Crippen LogP contribution in [0.25, 0.3) is 10.1 Å². The van der Waals surface area contributed by atoms with Crippen molar-refractivity contribution in [2.75, 3.05) is 0 Å². The first-order valence-electron chi connectivity index (χ1n) is 4.12. The van der Waals surface area contributed by atoms with E-state index >= 15 is 0 Å². The van der Waals surface area contributed by atoms with Gasteiger partial charge in [0.25, 0.3) is 0 Å². The summed E-state index contributed by atoms with van der Waals surface area (Å²) >= 11 is 9.78. The van der Waals surface area contributed by atoms with Gasteiger partial charge in [0, 0.05) is 14.2 Å². The highest BCUT2D eigenvalue weighted by Gasteiger charge is 2.10. The van der Waals surface area contributed by atoms with Crippen LogP contribution in [0.3, 0.4) is 0 Å². The van der Waals surface area contributed by atoms with Gasteiger partial charge in [-0.25, -0.2) is 0 Å². The summed E-state index contributed by atoms with van der Waals surface area (Å²) in [6.45, 7) is 0.0796. The highest BCUT2D eigenvalue weighted by Crippen LogP contribution is 2.31. The number of aliphatic hydroxyl groups excluding tert-OH is 1. The maximum absolute atomic E-state index is 9.31. The van der Waals surface area contributed by atoms with Crippen molar-refractivity contribution in [3.8, 4) is 0 Å². The number of rotatable bonds is 2. The molecule has 74 valence electrons. The quantitative estimate of drug-likeness (QED) is 0.653. The van der Waals surface area contributed by atoms with Crippen molar-refractivity contribution in [3.63, 3.8) is 0 Å². The van der Waals surface area contributed by atoms with Crippen molar-refractivity contribution in [2.45, 2.75) is 12.5 Å². The molecule has 0 amide bonds. The molecule has 1 heterocycles. The van der Waals surface area contributed by atoms with E-state index < -0.39 is 0 Å². The first kappa shape index (κ1) is 10.7. The number of hydrogen-bond donors (Lipinski definition) is 1. The standard InChI is InChI=1S/C10H8ClIOS/c11-4-6-3-9-7(1-2-14-9)8(5-13)10(6)12/h1-3,13H,4-5H2. The largest absolute Gasteiger partial charge is 0.392 e.